The van der Waals surface area contributed by atoms with Crippen molar-refractivity contribution in [2.24, 2.45) is 0 Å². The fourth-order valence-electron chi connectivity index (χ4n) is 2.44. The molecule has 1 saturated carbocycles. The molecule has 2 unspecified atom stereocenters. The van der Waals surface area contributed by atoms with Gasteiger partial charge >= 0.3 is 0 Å². The molecule has 0 spiro atoms. The summed E-state index contributed by atoms with van der Waals surface area (Å²) in [5.41, 5.74) is 1.37. The Morgan fingerprint density at radius 3 is 2.76 bits per heavy atom. The highest BCUT2D eigenvalue weighted by atomic mass is 16.5. The van der Waals surface area contributed by atoms with Gasteiger partial charge < -0.3 is 9.84 Å². The summed E-state index contributed by atoms with van der Waals surface area (Å²) in [4.78, 5) is 0. The molecular formula is C15H22O2. The van der Waals surface area contributed by atoms with E-state index < -0.39 is 0 Å². The van der Waals surface area contributed by atoms with E-state index in [0.717, 1.165) is 45.1 Å². The highest BCUT2D eigenvalue weighted by molar-refractivity contribution is 5.14. The molecule has 0 aliphatic heterocycles. The number of rotatable bonds is 5. The standard InChI is InChI=1S/C15H22O2/c16-14-9-4-10-15(12-14)17-11-5-8-13-6-2-1-3-7-13/h1-3,6-7,14-16H,4-5,8-12H2. The summed E-state index contributed by atoms with van der Waals surface area (Å²) in [6.45, 7) is 0.812. The third-order valence-electron chi connectivity index (χ3n) is 3.40. The fraction of sp³-hybridized carbons (Fsp3) is 0.600. The van der Waals surface area contributed by atoms with Crippen LogP contribution < -0.4 is 0 Å². The Kier molecular flexibility index (Phi) is 5.02. The number of aliphatic hydroxyl groups is 1. The molecule has 1 N–H and O–H groups in total. The van der Waals surface area contributed by atoms with Gasteiger partial charge in [-0.2, -0.15) is 0 Å². The van der Waals surface area contributed by atoms with Gasteiger partial charge in [0, 0.05) is 6.61 Å². The zero-order valence-corrected chi connectivity index (χ0v) is 10.3. The summed E-state index contributed by atoms with van der Waals surface area (Å²) >= 11 is 0. The Morgan fingerprint density at radius 2 is 2.00 bits per heavy atom. The maximum atomic E-state index is 9.53. The molecule has 2 rings (SSSR count). The lowest BCUT2D eigenvalue weighted by Gasteiger charge is -2.25. The first kappa shape index (κ1) is 12.6. The van der Waals surface area contributed by atoms with Gasteiger partial charge in [0.25, 0.3) is 0 Å². The lowest BCUT2D eigenvalue weighted by Crippen LogP contribution is -2.26. The van der Waals surface area contributed by atoms with Gasteiger partial charge in [-0.05, 0) is 44.1 Å². The summed E-state index contributed by atoms with van der Waals surface area (Å²) in [6, 6.07) is 10.5. The molecule has 0 heterocycles. The van der Waals surface area contributed by atoms with Gasteiger partial charge in [0.2, 0.25) is 0 Å². The maximum absolute atomic E-state index is 9.53. The summed E-state index contributed by atoms with van der Waals surface area (Å²) in [5.74, 6) is 0. The van der Waals surface area contributed by atoms with Crippen LogP contribution in [0, 0.1) is 0 Å². The molecular weight excluding hydrogens is 212 g/mol. The van der Waals surface area contributed by atoms with Crippen molar-refractivity contribution in [2.45, 2.75) is 50.7 Å². The molecule has 0 radical (unpaired) electrons. The lowest BCUT2D eigenvalue weighted by molar-refractivity contribution is -0.0151. The third kappa shape index (κ3) is 4.49. The van der Waals surface area contributed by atoms with Crippen LogP contribution in [-0.4, -0.2) is 23.9 Å². The summed E-state index contributed by atoms with van der Waals surface area (Å²) in [7, 11) is 0. The van der Waals surface area contributed by atoms with Crippen LogP contribution in [-0.2, 0) is 11.2 Å². The molecule has 1 aliphatic rings. The van der Waals surface area contributed by atoms with Crippen LogP contribution >= 0.6 is 0 Å². The Morgan fingerprint density at radius 1 is 1.18 bits per heavy atom. The van der Waals surface area contributed by atoms with Gasteiger partial charge in [0.1, 0.15) is 0 Å². The monoisotopic (exact) mass is 234 g/mol. The average Bonchev–Trinajstić information content (AvgIpc) is 2.36. The van der Waals surface area contributed by atoms with E-state index in [4.69, 9.17) is 4.74 Å². The number of hydrogen-bond acceptors (Lipinski definition) is 2. The van der Waals surface area contributed by atoms with Crippen molar-refractivity contribution in [3.05, 3.63) is 35.9 Å². The van der Waals surface area contributed by atoms with Crippen molar-refractivity contribution < 1.29 is 9.84 Å². The van der Waals surface area contributed by atoms with Gasteiger partial charge in [0.05, 0.1) is 12.2 Å². The average molecular weight is 234 g/mol. The minimum absolute atomic E-state index is 0.136. The van der Waals surface area contributed by atoms with E-state index in [2.05, 4.69) is 24.3 Å². The number of benzene rings is 1. The van der Waals surface area contributed by atoms with Gasteiger partial charge in [-0.15, -0.1) is 0 Å². The van der Waals surface area contributed by atoms with Crippen molar-refractivity contribution in [2.75, 3.05) is 6.61 Å². The minimum atomic E-state index is -0.136. The summed E-state index contributed by atoms with van der Waals surface area (Å²) < 4.78 is 5.82. The van der Waals surface area contributed by atoms with Crippen molar-refractivity contribution in [3.63, 3.8) is 0 Å². The lowest BCUT2D eigenvalue weighted by atomic mass is 9.95. The molecule has 1 aliphatic carbocycles. The second-order valence-corrected chi connectivity index (χ2v) is 4.90. The van der Waals surface area contributed by atoms with Gasteiger partial charge in [-0.1, -0.05) is 30.3 Å². The molecule has 2 nitrogen and oxygen atoms in total. The second-order valence-electron chi connectivity index (χ2n) is 4.90. The molecule has 0 amide bonds. The first-order valence-corrected chi connectivity index (χ1v) is 6.68. The third-order valence-corrected chi connectivity index (χ3v) is 3.40. The quantitative estimate of drug-likeness (QED) is 0.794. The van der Waals surface area contributed by atoms with E-state index in [1.807, 2.05) is 6.07 Å². The molecule has 94 valence electrons. The molecule has 0 aromatic heterocycles. The molecule has 0 bridgehead atoms. The van der Waals surface area contributed by atoms with Crippen molar-refractivity contribution in [1.29, 1.82) is 0 Å². The van der Waals surface area contributed by atoms with Crippen molar-refractivity contribution in [3.8, 4) is 0 Å². The van der Waals surface area contributed by atoms with Gasteiger partial charge in [-0.25, -0.2) is 0 Å². The predicted octanol–water partition coefficient (Wildman–Crippen LogP) is 2.94. The van der Waals surface area contributed by atoms with Crippen LogP contribution in [0.25, 0.3) is 0 Å². The molecule has 1 aromatic carbocycles. The normalized spacial score (nSPS) is 24.8. The van der Waals surface area contributed by atoms with E-state index in [1.54, 1.807) is 0 Å². The van der Waals surface area contributed by atoms with Crippen molar-refractivity contribution in [1.82, 2.24) is 0 Å². The number of hydrogen-bond donors (Lipinski definition) is 1. The van der Waals surface area contributed by atoms with Gasteiger partial charge in [0.15, 0.2) is 0 Å². The van der Waals surface area contributed by atoms with E-state index in [9.17, 15) is 5.11 Å². The summed E-state index contributed by atoms with van der Waals surface area (Å²) in [5, 5.41) is 9.53. The van der Waals surface area contributed by atoms with Crippen molar-refractivity contribution >= 4 is 0 Å². The Labute approximate surface area is 104 Å². The van der Waals surface area contributed by atoms with Crippen LogP contribution in [0.3, 0.4) is 0 Å². The van der Waals surface area contributed by atoms with Crippen LogP contribution in [0.4, 0.5) is 0 Å². The molecule has 17 heavy (non-hydrogen) atoms. The first-order chi connectivity index (χ1) is 8.34. The predicted molar refractivity (Wildman–Crippen MR) is 69.0 cm³/mol. The van der Waals surface area contributed by atoms with Crippen LogP contribution in [0.1, 0.15) is 37.7 Å². The number of aliphatic hydroxyl groups excluding tert-OH is 1. The maximum Gasteiger partial charge on any atom is 0.0599 e. The zero-order chi connectivity index (χ0) is 11.9. The zero-order valence-electron chi connectivity index (χ0n) is 10.3. The molecule has 0 saturated heterocycles. The van der Waals surface area contributed by atoms with Crippen LogP contribution in [0.2, 0.25) is 0 Å². The number of ether oxygens (including phenoxy) is 1. The topological polar surface area (TPSA) is 29.5 Å². The fourth-order valence-corrected chi connectivity index (χ4v) is 2.44. The minimum Gasteiger partial charge on any atom is -0.393 e. The smallest absolute Gasteiger partial charge is 0.0599 e. The summed E-state index contributed by atoms with van der Waals surface area (Å²) in [6.07, 6.45) is 6.28. The second kappa shape index (κ2) is 6.77. The van der Waals surface area contributed by atoms with E-state index in [0.29, 0.717) is 0 Å². The SMILES string of the molecule is OC1CCCC(OCCCc2ccccc2)C1. The van der Waals surface area contributed by atoms with E-state index in [-0.39, 0.29) is 12.2 Å². The van der Waals surface area contributed by atoms with Crippen LogP contribution in [0.5, 0.6) is 0 Å². The number of aryl methyl sites for hydroxylation is 1. The first-order valence-electron chi connectivity index (χ1n) is 6.68. The van der Waals surface area contributed by atoms with E-state index in [1.165, 1.54) is 5.56 Å². The largest absolute Gasteiger partial charge is 0.393 e. The molecule has 1 fully saturated rings. The highest BCUT2D eigenvalue weighted by Crippen LogP contribution is 2.21. The Hall–Kier alpha value is -0.860. The van der Waals surface area contributed by atoms with E-state index >= 15 is 0 Å². The van der Waals surface area contributed by atoms with Gasteiger partial charge in [-0.3, -0.25) is 0 Å². The van der Waals surface area contributed by atoms with Crippen LogP contribution in [0.15, 0.2) is 30.3 Å². The molecule has 2 heteroatoms. The molecule has 1 aromatic rings. The molecule has 2 atom stereocenters. The Bertz CT molecular complexity index is 310. The Balaban J connectivity index is 1.60. The highest BCUT2D eigenvalue weighted by Gasteiger charge is 2.20.